The number of anilines is 3. The van der Waals surface area contributed by atoms with Crippen molar-refractivity contribution >= 4 is 39.7 Å². The van der Waals surface area contributed by atoms with Crippen LogP contribution in [-0.2, 0) is 9.53 Å². The SMILES string of the molecule is CCCCC(CCCC)OC1=CC2=C(CC1)CN(c1nc(C(=O)Nc3cnccc3N3CCNCC3)cs1)C2=O. The number of carbonyl (C=O) groups is 2. The topological polar surface area (TPSA) is 99.7 Å². The molecule has 5 rings (SSSR count). The number of pyridine rings is 1. The van der Waals surface area contributed by atoms with Gasteiger partial charge in [-0.15, -0.1) is 11.3 Å². The highest BCUT2D eigenvalue weighted by atomic mass is 32.1. The minimum atomic E-state index is -0.308. The second-order valence-electron chi connectivity index (χ2n) is 10.6. The maximum Gasteiger partial charge on any atom is 0.275 e. The summed E-state index contributed by atoms with van der Waals surface area (Å²) in [7, 11) is 0. The molecule has 2 N–H and O–H groups in total. The second-order valence-corrected chi connectivity index (χ2v) is 11.5. The maximum atomic E-state index is 13.4. The van der Waals surface area contributed by atoms with Gasteiger partial charge < -0.3 is 20.3 Å². The first kappa shape index (κ1) is 28.3. The van der Waals surface area contributed by atoms with Crippen LogP contribution in [0.4, 0.5) is 16.5 Å². The number of rotatable bonds is 12. The highest BCUT2D eigenvalue weighted by Crippen LogP contribution is 2.36. The predicted molar refractivity (Wildman–Crippen MR) is 160 cm³/mol. The molecule has 2 aliphatic heterocycles. The van der Waals surface area contributed by atoms with Gasteiger partial charge in [-0.05, 0) is 37.0 Å². The molecular weight excluding hydrogens is 524 g/mol. The Labute approximate surface area is 240 Å². The number of piperazine rings is 1. The first-order valence-electron chi connectivity index (χ1n) is 14.6. The van der Waals surface area contributed by atoms with Crippen molar-refractivity contribution in [3.8, 4) is 0 Å². The molecule has 1 fully saturated rings. The number of carbonyl (C=O) groups excluding carboxylic acids is 2. The molecule has 2 amide bonds. The molecule has 10 heteroatoms. The highest BCUT2D eigenvalue weighted by molar-refractivity contribution is 7.14. The largest absolute Gasteiger partial charge is 0.495 e. The van der Waals surface area contributed by atoms with Gasteiger partial charge in [0.25, 0.3) is 11.8 Å². The van der Waals surface area contributed by atoms with E-state index in [4.69, 9.17) is 4.74 Å². The molecule has 2 aromatic heterocycles. The molecule has 0 saturated carbocycles. The smallest absolute Gasteiger partial charge is 0.275 e. The van der Waals surface area contributed by atoms with E-state index in [0.29, 0.717) is 23.1 Å². The van der Waals surface area contributed by atoms with E-state index >= 15 is 0 Å². The lowest BCUT2D eigenvalue weighted by molar-refractivity contribution is -0.114. The average Bonchev–Trinajstić information content (AvgIpc) is 3.60. The van der Waals surface area contributed by atoms with Crippen LogP contribution in [-0.4, -0.2) is 60.6 Å². The third-order valence-corrected chi connectivity index (χ3v) is 8.58. The summed E-state index contributed by atoms with van der Waals surface area (Å²) in [5, 5.41) is 8.58. The van der Waals surface area contributed by atoms with Gasteiger partial charge >= 0.3 is 0 Å². The third kappa shape index (κ3) is 6.55. The van der Waals surface area contributed by atoms with Gasteiger partial charge in [0.2, 0.25) is 0 Å². The molecule has 40 heavy (non-hydrogen) atoms. The Morgan fingerprint density at radius 1 is 1.18 bits per heavy atom. The van der Waals surface area contributed by atoms with Crippen LogP contribution in [0.3, 0.4) is 0 Å². The van der Waals surface area contributed by atoms with Gasteiger partial charge in [-0.1, -0.05) is 39.5 Å². The fourth-order valence-corrected chi connectivity index (χ4v) is 6.26. The Morgan fingerprint density at radius 2 is 1.95 bits per heavy atom. The van der Waals surface area contributed by atoms with Crippen molar-refractivity contribution in [2.75, 3.05) is 47.8 Å². The Kier molecular flexibility index (Phi) is 9.49. The summed E-state index contributed by atoms with van der Waals surface area (Å²) in [4.78, 5) is 39.3. The van der Waals surface area contributed by atoms with Crippen LogP contribution >= 0.6 is 11.3 Å². The van der Waals surface area contributed by atoms with Gasteiger partial charge in [0.1, 0.15) is 5.69 Å². The average molecular weight is 565 g/mol. The van der Waals surface area contributed by atoms with E-state index in [9.17, 15) is 9.59 Å². The summed E-state index contributed by atoms with van der Waals surface area (Å²) < 4.78 is 6.42. The molecule has 0 aromatic carbocycles. The quantitative estimate of drug-likeness (QED) is 0.362. The fraction of sp³-hybridized carbons (Fsp3) is 0.533. The van der Waals surface area contributed by atoms with Crippen molar-refractivity contribution < 1.29 is 14.3 Å². The number of thiazole rings is 1. The maximum absolute atomic E-state index is 13.4. The summed E-state index contributed by atoms with van der Waals surface area (Å²) in [6.45, 7) is 8.44. The zero-order valence-corrected chi connectivity index (χ0v) is 24.4. The van der Waals surface area contributed by atoms with E-state index in [2.05, 4.69) is 39.3 Å². The predicted octanol–water partition coefficient (Wildman–Crippen LogP) is 5.29. The molecule has 9 nitrogen and oxygen atoms in total. The highest BCUT2D eigenvalue weighted by Gasteiger charge is 2.34. The van der Waals surface area contributed by atoms with Crippen LogP contribution < -0.4 is 20.4 Å². The Hall–Kier alpha value is -3.24. The normalized spacial score (nSPS) is 17.4. The summed E-state index contributed by atoms with van der Waals surface area (Å²) in [5.41, 5.74) is 3.74. The number of nitrogens with one attached hydrogen (secondary N) is 2. The molecular formula is C30H40N6O3S. The fourth-order valence-electron chi connectivity index (χ4n) is 5.46. The lowest BCUT2D eigenvalue weighted by Crippen LogP contribution is -2.43. The van der Waals surface area contributed by atoms with Crippen molar-refractivity contribution in [1.82, 2.24) is 15.3 Å². The minimum absolute atomic E-state index is 0.0657. The molecule has 0 atom stereocenters. The minimum Gasteiger partial charge on any atom is -0.495 e. The third-order valence-electron chi connectivity index (χ3n) is 7.72. The van der Waals surface area contributed by atoms with Crippen LogP contribution in [0.25, 0.3) is 0 Å². The van der Waals surface area contributed by atoms with Gasteiger partial charge in [0.15, 0.2) is 5.13 Å². The lowest BCUT2D eigenvalue weighted by Gasteiger charge is -2.30. The standard InChI is InChI=1S/C30H40N6O3S/c1-3-5-7-22(8-6-4-2)39-23-10-9-21-19-36(29(38)24(21)17-23)30-34-26(20-40-30)28(37)33-25-18-32-12-11-27(25)35-15-13-31-14-16-35/h11-12,17-18,20,22,31H,3-10,13-16,19H2,1-2H3,(H,33,37). The molecule has 214 valence electrons. The van der Waals surface area contributed by atoms with Crippen LogP contribution in [0.15, 0.2) is 46.8 Å². The summed E-state index contributed by atoms with van der Waals surface area (Å²) in [6, 6.07) is 1.92. The summed E-state index contributed by atoms with van der Waals surface area (Å²) >= 11 is 1.32. The van der Waals surface area contributed by atoms with Gasteiger partial charge in [0, 0.05) is 49.7 Å². The van der Waals surface area contributed by atoms with Gasteiger partial charge in [0.05, 0.1) is 36.0 Å². The zero-order valence-electron chi connectivity index (χ0n) is 23.6. The van der Waals surface area contributed by atoms with Crippen LogP contribution in [0, 0.1) is 0 Å². The first-order valence-corrected chi connectivity index (χ1v) is 15.5. The van der Waals surface area contributed by atoms with E-state index in [0.717, 1.165) is 100 Å². The Balaban J connectivity index is 1.24. The van der Waals surface area contributed by atoms with E-state index in [1.807, 2.05) is 12.1 Å². The Morgan fingerprint density at radius 3 is 2.70 bits per heavy atom. The molecule has 3 aliphatic rings. The van der Waals surface area contributed by atoms with Gasteiger partial charge in [-0.25, -0.2) is 4.98 Å². The van der Waals surface area contributed by atoms with Gasteiger partial charge in [-0.2, -0.15) is 0 Å². The molecule has 1 saturated heterocycles. The zero-order chi connectivity index (χ0) is 27.9. The monoisotopic (exact) mass is 564 g/mol. The molecule has 0 unspecified atom stereocenters. The number of aromatic nitrogens is 2. The molecule has 0 radical (unpaired) electrons. The van der Waals surface area contributed by atoms with Crippen molar-refractivity contribution in [2.45, 2.75) is 71.3 Å². The van der Waals surface area contributed by atoms with Crippen molar-refractivity contribution in [1.29, 1.82) is 0 Å². The van der Waals surface area contributed by atoms with Crippen LogP contribution in [0.5, 0.6) is 0 Å². The number of nitrogens with zero attached hydrogens (tertiary/aromatic N) is 4. The number of unbranched alkanes of at least 4 members (excludes halogenated alkanes) is 2. The van der Waals surface area contributed by atoms with Crippen molar-refractivity contribution in [2.24, 2.45) is 0 Å². The Bertz CT molecular complexity index is 1260. The van der Waals surface area contributed by atoms with Crippen LogP contribution in [0.1, 0.15) is 75.7 Å². The van der Waals surface area contributed by atoms with E-state index < -0.39 is 0 Å². The summed E-state index contributed by atoms with van der Waals surface area (Å²) in [6.07, 6.45) is 13.9. The second kappa shape index (κ2) is 13.4. The lowest BCUT2D eigenvalue weighted by atomic mass is 9.98. The van der Waals surface area contributed by atoms with E-state index in [-0.39, 0.29) is 17.9 Å². The molecule has 4 heterocycles. The van der Waals surface area contributed by atoms with Gasteiger partial charge in [-0.3, -0.25) is 19.5 Å². The molecule has 0 spiro atoms. The van der Waals surface area contributed by atoms with E-state index in [1.165, 1.54) is 11.3 Å². The van der Waals surface area contributed by atoms with Crippen LogP contribution in [0.2, 0.25) is 0 Å². The number of hydrogen-bond acceptors (Lipinski definition) is 8. The number of amides is 2. The van der Waals surface area contributed by atoms with E-state index in [1.54, 1.807) is 22.7 Å². The molecule has 2 aromatic rings. The molecule has 0 bridgehead atoms. The molecule has 1 aliphatic carbocycles. The first-order chi connectivity index (χ1) is 19.6. The van der Waals surface area contributed by atoms with Crippen molar-refractivity contribution in [3.05, 3.63) is 52.5 Å². The summed E-state index contributed by atoms with van der Waals surface area (Å²) in [5.74, 6) is 0.545. The number of ether oxygens (including phenoxy) is 1. The van der Waals surface area contributed by atoms with Crippen molar-refractivity contribution in [3.63, 3.8) is 0 Å². The number of hydrogen-bond donors (Lipinski definition) is 2. The number of allylic oxidation sites excluding steroid dienone is 1.